The molecule has 1 N–H and O–H groups in total. The first-order chi connectivity index (χ1) is 13.0. The third kappa shape index (κ3) is 4.36. The second-order valence-electron chi connectivity index (χ2n) is 5.70. The molecule has 0 bridgehead atoms. The van der Waals surface area contributed by atoms with Crippen LogP contribution >= 0.6 is 23.4 Å². The summed E-state index contributed by atoms with van der Waals surface area (Å²) in [7, 11) is 0. The normalized spacial score (nSPS) is 13.9. The van der Waals surface area contributed by atoms with Crippen molar-refractivity contribution in [3.8, 4) is 0 Å². The van der Waals surface area contributed by atoms with Crippen LogP contribution in [-0.4, -0.2) is 25.5 Å². The lowest BCUT2D eigenvalue weighted by atomic mass is 10.1. The van der Waals surface area contributed by atoms with Gasteiger partial charge in [0.25, 0.3) is 0 Å². The van der Waals surface area contributed by atoms with Crippen LogP contribution in [-0.2, 0) is 12.4 Å². The number of aromatic nitrogens is 3. The molecular weight excluding hydrogens is 432 g/mol. The van der Waals surface area contributed by atoms with Crippen LogP contribution in [0.5, 0.6) is 0 Å². The van der Waals surface area contributed by atoms with Gasteiger partial charge in [0, 0.05) is 11.9 Å². The Labute approximate surface area is 163 Å². The first kappa shape index (κ1) is 20.7. The van der Waals surface area contributed by atoms with Gasteiger partial charge in [0.15, 0.2) is 10.8 Å². The number of alkyl halides is 6. The zero-order chi connectivity index (χ0) is 20.7. The van der Waals surface area contributed by atoms with Crippen molar-refractivity contribution in [2.75, 3.05) is 5.75 Å². The minimum Gasteiger partial charge on any atom is -0.388 e. The topological polar surface area (TPSA) is 50.4 Å². The van der Waals surface area contributed by atoms with Crippen LogP contribution in [0.15, 0.2) is 41.7 Å². The van der Waals surface area contributed by atoms with Gasteiger partial charge in [-0.25, -0.2) is 0 Å². The highest BCUT2D eigenvalue weighted by Crippen LogP contribution is 2.34. The lowest BCUT2D eigenvalue weighted by molar-refractivity contribution is -0.138. The number of pyridine rings is 1. The third-order valence-corrected chi connectivity index (χ3v) is 5.05. The van der Waals surface area contributed by atoms with Crippen LogP contribution in [0.3, 0.4) is 0 Å². The fraction of sp³-hybridized carbons (Fsp3) is 0.250. The SMILES string of the molecule is OC(CSc1nnc2c(Cl)cc(C(F)(F)F)cn12)c1ccc(C(F)(F)F)cc1. The van der Waals surface area contributed by atoms with E-state index >= 15 is 0 Å². The molecular formula is C16H10ClF6N3OS. The highest BCUT2D eigenvalue weighted by molar-refractivity contribution is 7.99. The second-order valence-corrected chi connectivity index (χ2v) is 7.09. The molecule has 0 fully saturated rings. The van der Waals surface area contributed by atoms with Gasteiger partial charge in [-0.1, -0.05) is 35.5 Å². The summed E-state index contributed by atoms with van der Waals surface area (Å²) < 4.78 is 77.6. The molecule has 28 heavy (non-hydrogen) atoms. The summed E-state index contributed by atoms with van der Waals surface area (Å²) in [4.78, 5) is 0. The molecule has 1 atom stereocenters. The molecule has 0 saturated heterocycles. The van der Waals surface area contributed by atoms with Gasteiger partial charge in [-0.05, 0) is 23.8 Å². The van der Waals surface area contributed by atoms with Crippen molar-refractivity contribution in [3.05, 3.63) is 58.2 Å². The Hall–Kier alpha value is -1.98. The molecule has 0 saturated carbocycles. The van der Waals surface area contributed by atoms with Crippen LogP contribution < -0.4 is 0 Å². The average Bonchev–Trinajstić information content (AvgIpc) is 3.02. The molecule has 0 amide bonds. The van der Waals surface area contributed by atoms with Crippen molar-refractivity contribution in [1.82, 2.24) is 14.6 Å². The lowest BCUT2D eigenvalue weighted by Gasteiger charge is -2.12. The Bertz CT molecular complexity index is 987. The molecule has 0 aliphatic rings. The largest absolute Gasteiger partial charge is 0.417 e. The minimum absolute atomic E-state index is 0.0150. The fourth-order valence-electron chi connectivity index (χ4n) is 2.33. The van der Waals surface area contributed by atoms with E-state index in [1.165, 1.54) is 0 Å². The number of rotatable bonds is 4. The van der Waals surface area contributed by atoms with Crippen molar-refractivity contribution in [2.24, 2.45) is 0 Å². The maximum atomic E-state index is 12.9. The molecule has 12 heteroatoms. The van der Waals surface area contributed by atoms with Crippen LogP contribution in [0.25, 0.3) is 5.65 Å². The van der Waals surface area contributed by atoms with Crippen molar-refractivity contribution in [1.29, 1.82) is 0 Å². The number of thioether (sulfide) groups is 1. The fourth-order valence-corrected chi connectivity index (χ4v) is 3.45. The molecule has 3 aromatic rings. The first-order valence-electron chi connectivity index (χ1n) is 7.56. The molecule has 0 aliphatic heterocycles. The number of hydrogen-bond acceptors (Lipinski definition) is 4. The number of halogens is 7. The van der Waals surface area contributed by atoms with Crippen LogP contribution in [0.2, 0.25) is 5.02 Å². The highest BCUT2D eigenvalue weighted by Gasteiger charge is 2.32. The van der Waals surface area contributed by atoms with Gasteiger partial charge in [-0.3, -0.25) is 4.40 Å². The third-order valence-electron chi connectivity index (χ3n) is 3.75. The van der Waals surface area contributed by atoms with Crippen molar-refractivity contribution in [3.63, 3.8) is 0 Å². The van der Waals surface area contributed by atoms with E-state index in [0.29, 0.717) is 0 Å². The molecule has 1 aromatic carbocycles. The van der Waals surface area contributed by atoms with E-state index < -0.39 is 29.6 Å². The van der Waals surface area contributed by atoms with E-state index in [4.69, 9.17) is 11.6 Å². The molecule has 2 heterocycles. The number of aliphatic hydroxyl groups excluding tert-OH is 1. The quantitative estimate of drug-likeness (QED) is 0.444. The average molecular weight is 442 g/mol. The molecule has 150 valence electrons. The van der Waals surface area contributed by atoms with Crippen LogP contribution in [0, 0.1) is 0 Å². The molecule has 0 spiro atoms. The highest BCUT2D eigenvalue weighted by atomic mass is 35.5. The Morgan fingerprint density at radius 2 is 1.61 bits per heavy atom. The van der Waals surface area contributed by atoms with Gasteiger partial charge in [-0.2, -0.15) is 26.3 Å². The van der Waals surface area contributed by atoms with E-state index in [1.807, 2.05) is 0 Å². The van der Waals surface area contributed by atoms with E-state index in [9.17, 15) is 31.4 Å². The zero-order valence-electron chi connectivity index (χ0n) is 13.6. The Morgan fingerprint density at radius 1 is 1.00 bits per heavy atom. The monoisotopic (exact) mass is 441 g/mol. The minimum atomic E-state index is -4.62. The van der Waals surface area contributed by atoms with Gasteiger partial charge in [0.05, 0.1) is 22.3 Å². The van der Waals surface area contributed by atoms with Crippen LogP contribution in [0.1, 0.15) is 22.8 Å². The second kappa shape index (κ2) is 7.45. The predicted molar refractivity (Wildman–Crippen MR) is 90.1 cm³/mol. The number of nitrogens with zero attached hydrogens (tertiary/aromatic N) is 3. The van der Waals surface area contributed by atoms with Gasteiger partial charge in [0.2, 0.25) is 0 Å². The van der Waals surface area contributed by atoms with E-state index in [1.54, 1.807) is 0 Å². The lowest BCUT2D eigenvalue weighted by Crippen LogP contribution is -2.07. The summed E-state index contributed by atoms with van der Waals surface area (Å²) >= 11 is 6.71. The summed E-state index contributed by atoms with van der Waals surface area (Å²) in [5.74, 6) is -0.0694. The Balaban J connectivity index is 1.79. The van der Waals surface area contributed by atoms with E-state index in [0.717, 1.165) is 52.7 Å². The Morgan fingerprint density at radius 3 is 2.18 bits per heavy atom. The molecule has 3 rings (SSSR count). The molecule has 1 unspecified atom stereocenters. The molecule has 2 aromatic heterocycles. The Kier molecular flexibility index (Phi) is 5.52. The summed E-state index contributed by atoms with van der Waals surface area (Å²) in [5, 5.41) is 17.4. The number of aliphatic hydroxyl groups is 1. The standard InChI is InChI=1S/C16H10ClF6N3OS/c17-11-5-10(16(21,22)23)6-26-13(11)24-25-14(26)28-7-12(27)8-1-3-9(4-2-8)15(18,19)20/h1-6,12,27H,7H2. The number of fused-ring (bicyclic) bond motifs is 1. The van der Waals surface area contributed by atoms with Crippen molar-refractivity contribution in [2.45, 2.75) is 23.6 Å². The number of benzene rings is 1. The van der Waals surface area contributed by atoms with Crippen molar-refractivity contribution < 1.29 is 31.4 Å². The maximum Gasteiger partial charge on any atom is 0.417 e. The summed E-state index contributed by atoms with van der Waals surface area (Å²) in [6.07, 6.45) is -9.49. The summed E-state index contributed by atoms with van der Waals surface area (Å²) in [5.41, 5.74) is -1.60. The maximum absolute atomic E-state index is 12.9. The summed E-state index contributed by atoms with van der Waals surface area (Å²) in [6.45, 7) is 0. The molecule has 0 radical (unpaired) electrons. The van der Waals surface area contributed by atoms with Gasteiger partial charge < -0.3 is 5.11 Å². The van der Waals surface area contributed by atoms with Gasteiger partial charge >= 0.3 is 12.4 Å². The zero-order valence-corrected chi connectivity index (χ0v) is 15.2. The van der Waals surface area contributed by atoms with Gasteiger partial charge in [0.1, 0.15) is 0 Å². The first-order valence-corrected chi connectivity index (χ1v) is 8.92. The van der Waals surface area contributed by atoms with Gasteiger partial charge in [-0.15, -0.1) is 10.2 Å². The number of hydrogen-bond donors (Lipinski definition) is 1. The molecule has 4 nitrogen and oxygen atoms in total. The van der Waals surface area contributed by atoms with Crippen LogP contribution in [0.4, 0.5) is 26.3 Å². The van der Waals surface area contributed by atoms with E-state index in [-0.39, 0.29) is 27.1 Å². The molecule has 0 aliphatic carbocycles. The summed E-state index contributed by atoms with van der Waals surface area (Å²) in [6, 6.07) is 4.68. The predicted octanol–water partition coefficient (Wildman–Crippen LogP) is 5.25. The smallest absolute Gasteiger partial charge is 0.388 e. The van der Waals surface area contributed by atoms with E-state index in [2.05, 4.69) is 10.2 Å². The van der Waals surface area contributed by atoms with Crippen molar-refractivity contribution >= 4 is 29.0 Å².